The van der Waals surface area contributed by atoms with Gasteiger partial charge >= 0.3 is 0 Å². The van der Waals surface area contributed by atoms with Crippen LogP contribution in [0.3, 0.4) is 0 Å². The van der Waals surface area contributed by atoms with Crippen LogP contribution in [0.2, 0.25) is 0 Å². The number of carbonyl (C=O) groups excluding carboxylic acids is 1. The number of amides is 1. The summed E-state index contributed by atoms with van der Waals surface area (Å²) in [6.45, 7) is 5.70. The normalized spacial score (nSPS) is 21.4. The molecule has 4 rings (SSSR count). The first-order valence-corrected chi connectivity index (χ1v) is 13.1. The van der Waals surface area contributed by atoms with Gasteiger partial charge in [0.1, 0.15) is 11.4 Å². The fourth-order valence-corrected chi connectivity index (χ4v) is 4.78. The minimum atomic E-state index is -0.225. The minimum absolute atomic E-state index is 0.130. The number of piperidine rings is 1. The predicted molar refractivity (Wildman–Crippen MR) is 137 cm³/mol. The molecular weight excluding hydrogens is 442 g/mol. The molecule has 1 amide bonds. The van der Waals surface area contributed by atoms with Gasteiger partial charge in [-0.15, -0.1) is 0 Å². The second-order valence-electron chi connectivity index (χ2n) is 9.77. The van der Waals surface area contributed by atoms with E-state index in [9.17, 15) is 9.90 Å². The molecule has 1 aliphatic heterocycles. The molecule has 0 radical (unpaired) electrons. The highest BCUT2D eigenvalue weighted by atomic mass is 16.3. The van der Waals surface area contributed by atoms with E-state index >= 15 is 0 Å². The van der Waals surface area contributed by atoms with E-state index in [1.807, 2.05) is 12.3 Å². The zero-order valence-electron chi connectivity index (χ0n) is 20.7. The number of anilines is 2. The molecule has 0 atom stereocenters. The van der Waals surface area contributed by atoms with E-state index in [0.29, 0.717) is 17.3 Å². The summed E-state index contributed by atoms with van der Waals surface area (Å²) in [6, 6.07) is 4.39. The molecule has 9 nitrogen and oxygen atoms in total. The SMILES string of the molecule is CCCCNc1ncc(C(=O)NC2CCN(Cc3cccnc3)CC2)c(NC2CCC(O)CC2)n1. The Hall–Kier alpha value is -2.78. The van der Waals surface area contributed by atoms with Gasteiger partial charge in [-0.2, -0.15) is 4.98 Å². The molecule has 0 aromatic carbocycles. The number of pyridine rings is 1. The third-order valence-corrected chi connectivity index (χ3v) is 6.94. The Morgan fingerprint density at radius 2 is 1.91 bits per heavy atom. The summed E-state index contributed by atoms with van der Waals surface area (Å²) in [4.78, 5) is 28.9. The Balaban J connectivity index is 1.36. The number of aliphatic hydroxyl groups excluding tert-OH is 1. The highest BCUT2D eigenvalue weighted by Gasteiger charge is 2.25. The van der Waals surface area contributed by atoms with Crippen molar-refractivity contribution in [1.82, 2.24) is 25.2 Å². The molecule has 2 fully saturated rings. The van der Waals surface area contributed by atoms with Gasteiger partial charge in [0.15, 0.2) is 0 Å². The largest absolute Gasteiger partial charge is 0.393 e. The van der Waals surface area contributed by atoms with E-state index in [0.717, 1.165) is 77.5 Å². The number of carbonyl (C=O) groups is 1. The Morgan fingerprint density at radius 1 is 1.11 bits per heavy atom. The van der Waals surface area contributed by atoms with Gasteiger partial charge in [0.2, 0.25) is 5.95 Å². The number of likely N-dealkylation sites (tertiary alicyclic amines) is 1. The van der Waals surface area contributed by atoms with Crippen molar-refractivity contribution in [3.05, 3.63) is 41.9 Å². The van der Waals surface area contributed by atoms with Crippen molar-refractivity contribution in [2.45, 2.75) is 83.0 Å². The first-order valence-electron chi connectivity index (χ1n) is 13.1. The zero-order chi connectivity index (χ0) is 24.5. The average molecular weight is 482 g/mol. The van der Waals surface area contributed by atoms with Gasteiger partial charge in [0.25, 0.3) is 5.91 Å². The van der Waals surface area contributed by atoms with Crippen LogP contribution in [0.4, 0.5) is 11.8 Å². The van der Waals surface area contributed by atoms with Gasteiger partial charge in [-0.25, -0.2) is 4.98 Å². The summed E-state index contributed by atoms with van der Waals surface area (Å²) in [5.74, 6) is 0.984. The van der Waals surface area contributed by atoms with Crippen molar-refractivity contribution < 1.29 is 9.90 Å². The fourth-order valence-electron chi connectivity index (χ4n) is 4.78. The topological polar surface area (TPSA) is 115 Å². The summed E-state index contributed by atoms with van der Waals surface area (Å²) < 4.78 is 0. The number of nitrogens with one attached hydrogen (secondary N) is 3. The van der Waals surface area contributed by atoms with Crippen LogP contribution < -0.4 is 16.0 Å². The average Bonchev–Trinajstić information content (AvgIpc) is 2.87. The van der Waals surface area contributed by atoms with Gasteiger partial charge in [-0.1, -0.05) is 19.4 Å². The summed E-state index contributed by atoms with van der Waals surface area (Å²) in [5.41, 5.74) is 1.70. The number of aromatic nitrogens is 3. The summed E-state index contributed by atoms with van der Waals surface area (Å²) in [7, 11) is 0. The minimum Gasteiger partial charge on any atom is -0.393 e. The molecular formula is C26H39N7O2. The van der Waals surface area contributed by atoms with E-state index in [4.69, 9.17) is 0 Å². The van der Waals surface area contributed by atoms with Crippen LogP contribution in [-0.2, 0) is 6.54 Å². The molecule has 190 valence electrons. The summed E-state index contributed by atoms with van der Waals surface area (Å²) in [6.07, 6.45) is 12.3. The number of unbranched alkanes of at least 4 members (excludes halogenated alkanes) is 1. The van der Waals surface area contributed by atoms with Crippen molar-refractivity contribution in [3.8, 4) is 0 Å². The number of nitrogens with zero attached hydrogens (tertiary/aromatic N) is 4. The second kappa shape index (κ2) is 12.8. The van der Waals surface area contributed by atoms with Crippen molar-refractivity contribution >= 4 is 17.7 Å². The number of hydrogen-bond acceptors (Lipinski definition) is 8. The molecule has 2 aromatic heterocycles. The van der Waals surface area contributed by atoms with E-state index in [2.05, 4.69) is 48.8 Å². The Morgan fingerprint density at radius 3 is 2.63 bits per heavy atom. The van der Waals surface area contributed by atoms with Crippen molar-refractivity contribution in [3.63, 3.8) is 0 Å². The second-order valence-corrected chi connectivity index (χ2v) is 9.77. The molecule has 0 bridgehead atoms. The molecule has 0 unspecified atom stereocenters. The van der Waals surface area contributed by atoms with Gasteiger partial charge in [-0.05, 0) is 56.6 Å². The standard InChI is InChI=1S/C26H39N7O2/c1-2-3-13-28-26-29-17-23(24(32-26)30-20-6-8-22(34)9-7-20)25(35)31-21-10-14-33(15-11-21)18-19-5-4-12-27-16-19/h4-5,12,16-17,20-22,34H,2-3,6-11,13-15,18H2,1H3,(H,31,35)(H2,28,29,30,32). The van der Waals surface area contributed by atoms with E-state index in [1.165, 1.54) is 5.56 Å². The molecule has 2 aliphatic rings. The highest BCUT2D eigenvalue weighted by molar-refractivity contribution is 5.98. The first kappa shape index (κ1) is 25.3. The van der Waals surface area contributed by atoms with Crippen molar-refractivity contribution in [2.24, 2.45) is 0 Å². The van der Waals surface area contributed by atoms with Crippen LogP contribution in [-0.4, -0.2) is 68.7 Å². The fraction of sp³-hybridized carbons (Fsp3) is 0.615. The molecule has 1 aliphatic carbocycles. The quantitative estimate of drug-likeness (QED) is 0.383. The lowest BCUT2D eigenvalue weighted by Gasteiger charge is -2.32. The van der Waals surface area contributed by atoms with Crippen molar-refractivity contribution in [2.75, 3.05) is 30.3 Å². The van der Waals surface area contributed by atoms with E-state index in [-0.39, 0.29) is 24.1 Å². The van der Waals surface area contributed by atoms with Crippen LogP contribution in [0.15, 0.2) is 30.7 Å². The first-order chi connectivity index (χ1) is 17.1. The predicted octanol–water partition coefficient (Wildman–Crippen LogP) is 3.19. The van der Waals surface area contributed by atoms with Crippen LogP contribution in [0, 0.1) is 0 Å². The summed E-state index contributed by atoms with van der Waals surface area (Å²) >= 11 is 0. The van der Waals surface area contributed by atoms with Gasteiger partial charge < -0.3 is 21.1 Å². The molecule has 1 saturated carbocycles. The molecule has 35 heavy (non-hydrogen) atoms. The molecule has 2 aromatic rings. The Labute approximate surface area is 208 Å². The smallest absolute Gasteiger partial charge is 0.256 e. The van der Waals surface area contributed by atoms with Crippen LogP contribution in [0.25, 0.3) is 0 Å². The Kier molecular flexibility index (Phi) is 9.25. The monoisotopic (exact) mass is 481 g/mol. The third kappa shape index (κ3) is 7.60. The lowest BCUT2D eigenvalue weighted by molar-refractivity contribution is 0.0908. The molecule has 4 N–H and O–H groups in total. The van der Waals surface area contributed by atoms with Gasteiger partial charge in [0, 0.05) is 56.9 Å². The zero-order valence-corrected chi connectivity index (χ0v) is 20.7. The Bertz CT molecular complexity index is 927. The number of aliphatic hydroxyl groups is 1. The molecule has 1 saturated heterocycles. The lowest BCUT2D eigenvalue weighted by atomic mass is 9.93. The summed E-state index contributed by atoms with van der Waals surface area (Å²) in [5, 5.41) is 19.8. The van der Waals surface area contributed by atoms with Crippen molar-refractivity contribution in [1.29, 1.82) is 0 Å². The highest BCUT2D eigenvalue weighted by Crippen LogP contribution is 2.24. The van der Waals surface area contributed by atoms with E-state index < -0.39 is 0 Å². The van der Waals surface area contributed by atoms with Crippen LogP contribution in [0.1, 0.15) is 74.2 Å². The molecule has 3 heterocycles. The van der Waals surface area contributed by atoms with Gasteiger partial charge in [-0.3, -0.25) is 14.7 Å². The maximum absolute atomic E-state index is 13.3. The molecule has 0 spiro atoms. The third-order valence-electron chi connectivity index (χ3n) is 6.94. The maximum atomic E-state index is 13.3. The number of rotatable bonds is 10. The van der Waals surface area contributed by atoms with Crippen LogP contribution >= 0.6 is 0 Å². The van der Waals surface area contributed by atoms with Crippen LogP contribution in [0.5, 0.6) is 0 Å². The maximum Gasteiger partial charge on any atom is 0.256 e. The van der Waals surface area contributed by atoms with E-state index in [1.54, 1.807) is 12.4 Å². The van der Waals surface area contributed by atoms with Gasteiger partial charge in [0.05, 0.1) is 6.10 Å². The lowest BCUT2D eigenvalue weighted by Crippen LogP contribution is -2.44. The number of hydrogen-bond donors (Lipinski definition) is 4. The molecule has 9 heteroatoms.